The van der Waals surface area contributed by atoms with Crippen LogP contribution in [0.25, 0.3) is 0 Å². The topological polar surface area (TPSA) is 29.3 Å². The third-order valence-corrected chi connectivity index (χ3v) is 2.64. The molecule has 1 aromatic rings. The molecule has 0 heterocycles. The summed E-state index contributed by atoms with van der Waals surface area (Å²) in [5, 5.41) is 0. The van der Waals surface area contributed by atoms with Crippen LogP contribution in [0.2, 0.25) is 0 Å². The Kier molecular flexibility index (Phi) is 4.42. The van der Waals surface area contributed by atoms with Gasteiger partial charge in [-0.25, -0.2) is 0 Å². The number of benzene rings is 1. The van der Waals surface area contributed by atoms with Gasteiger partial charge in [0, 0.05) is 30.3 Å². The zero-order valence-corrected chi connectivity index (χ0v) is 10.3. The largest absolute Gasteiger partial charge is 0.375 e. The van der Waals surface area contributed by atoms with Gasteiger partial charge < -0.3 is 10.6 Å². The Hall–Kier alpha value is -0.540. The smallest absolute Gasteiger partial charge is 0.0378 e. The minimum Gasteiger partial charge on any atom is -0.375 e. The van der Waals surface area contributed by atoms with Crippen molar-refractivity contribution in [2.75, 3.05) is 18.5 Å². The predicted molar refractivity (Wildman–Crippen MR) is 65.6 cm³/mol. The van der Waals surface area contributed by atoms with E-state index < -0.39 is 0 Å². The summed E-state index contributed by atoms with van der Waals surface area (Å²) in [6.45, 7) is 3.84. The fraction of sp³-hybridized carbons (Fsp3) is 0.455. The molecule has 1 rings (SSSR count). The fourth-order valence-electron chi connectivity index (χ4n) is 1.44. The lowest BCUT2D eigenvalue weighted by atomic mass is 10.2. The first kappa shape index (κ1) is 11.5. The molecule has 14 heavy (non-hydrogen) atoms. The first-order chi connectivity index (χ1) is 6.67. The van der Waals surface area contributed by atoms with Gasteiger partial charge in [-0.1, -0.05) is 22.9 Å². The van der Waals surface area contributed by atoms with Crippen molar-refractivity contribution in [3.63, 3.8) is 0 Å². The quantitative estimate of drug-likeness (QED) is 0.898. The first-order valence-corrected chi connectivity index (χ1v) is 5.67. The minimum atomic E-state index is 0.590. The Labute approximate surface area is 94.2 Å². The van der Waals surface area contributed by atoms with Crippen LogP contribution in [-0.4, -0.2) is 13.6 Å². The molecule has 0 radical (unpaired) electrons. The van der Waals surface area contributed by atoms with E-state index in [1.54, 1.807) is 0 Å². The summed E-state index contributed by atoms with van der Waals surface area (Å²) in [6, 6.07) is 6.32. The SMILES string of the molecule is CCCN(C)c1cc(Br)cc(CN)c1. The Bertz CT molecular complexity index is 299. The summed E-state index contributed by atoms with van der Waals surface area (Å²) in [6.07, 6.45) is 1.15. The Morgan fingerprint density at radius 1 is 1.36 bits per heavy atom. The highest BCUT2D eigenvalue weighted by Gasteiger charge is 2.02. The van der Waals surface area contributed by atoms with E-state index in [1.807, 2.05) is 0 Å². The van der Waals surface area contributed by atoms with Crippen LogP contribution in [0.1, 0.15) is 18.9 Å². The van der Waals surface area contributed by atoms with Crippen LogP contribution in [-0.2, 0) is 6.54 Å². The molecule has 0 aromatic heterocycles. The highest BCUT2D eigenvalue weighted by molar-refractivity contribution is 9.10. The summed E-state index contributed by atoms with van der Waals surface area (Å²) in [7, 11) is 2.10. The molecule has 1 aromatic carbocycles. The molecule has 3 heteroatoms. The van der Waals surface area contributed by atoms with Crippen molar-refractivity contribution in [1.29, 1.82) is 0 Å². The van der Waals surface area contributed by atoms with E-state index in [4.69, 9.17) is 5.73 Å². The van der Waals surface area contributed by atoms with Gasteiger partial charge in [0.1, 0.15) is 0 Å². The number of hydrogen-bond acceptors (Lipinski definition) is 2. The van der Waals surface area contributed by atoms with Crippen LogP contribution < -0.4 is 10.6 Å². The van der Waals surface area contributed by atoms with E-state index in [-0.39, 0.29) is 0 Å². The number of rotatable bonds is 4. The highest BCUT2D eigenvalue weighted by Crippen LogP contribution is 2.22. The maximum absolute atomic E-state index is 5.62. The summed E-state index contributed by atoms with van der Waals surface area (Å²) in [4.78, 5) is 2.24. The van der Waals surface area contributed by atoms with Crippen molar-refractivity contribution in [2.45, 2.75) is 19.9 Å². The van der Waals surface area contributed by atoms with E-state index in [9.17, 15) is 0 Å². The molecule has 0 amide bonds. The van der Waals surface area contributed by atoms with Crippen LogP contribution in [0.5, 0.6) is 0 Å². The van der Waals surface area contributed by atoms with E-state index >= 15 is 0 Å². The molecular weight excluding hydrogens is 240 g/mol. The molecule has 0 aliphatic carbocycles. The standard InChI is InChI=1S/C11H17BrN2/c1-3-4-14(2)11-6-9(8-13)5-10(12)7-11/h5-7H,3-4,8,13H2,1-2H3. The van der Waals surface area contributed by atoms with Gasteiger partial charge in [-0.3, -0.25) is 0 Å². The molecule has 0 fully saturated rings. The molecule has 0 aliphatic rings. The zero-order valence-electron chi connectivity index (χ0n) is 8.76. The molecule has 0 unspecified atom stereocenters. The number of nitrogens with zero attached hydrogens (tertiary/aromatic N) is 1. The predicted octanol–water partition coefficient (Wildman–Crippen LogP) is 2.75. The number of nitrogens with two attached hydrogens (primary N) is 1. The average molecular weight is 257 g/mol. The second-order valence-electron chi connectivity index (χ2n) is 3.44. The third-order valence-electron chi connectivity index (χ3n) is 2.18. The van der Waals surface area contributed by atoms with Gasteiger partial charge in [-0.2, -0.15) is 0 Å². The van der Waals surface area contributed by atoms with E-state index in [2.05, 4.69) is 53.0 Å². The molecule has 0 atom stereocenters. The normalized spacial score (nSPS) is 10.3. The van der Waals surface area contributed by atoms with Gasteiger partial charge >= 0.3 is 0 Å². The van der Waals surface area contributed by atoms with Crippen molar-refractivity contribution in [1.82, 2.24) is 0 Å². The van der Waals surface area contributed by atoms with Crippen molar-refractivity contribution in [2.24, 2.45) is 5.73 Å². The monoisotopic (exact) mass is 256 g/mol. The van der Waals surface area contributed by atoms with Gasteiger partial charge in [0.25, 0.3) is 0 Å². The minimum absolute atomic E-state index is 0.590. The van der Waals surface area contributed by atoms with Gasteiger partial charge in [0.15, 0.2) is 0 Å². The second kappa shape index (κ2) is 5.37. The number of anilines is 1. The van der Waals surface area contributed by atoms with Crippen molar-refractivity contribution >= 4 is 21.6 Å². The van der Waals surface area contributed by atoms with Crippen LogP contribution in [0.3, 0.4) is 0 Å². The number of hydrogen-bond donors (Lipinski definition) is 1. The second-order valence-corrected chi connectivity index (χ2v) is 4.36. The van der Waals surface area contributed by atoms with Gasteiger partial charge in [-0.05, 0) is 30.2 Å². The summed E-state index contributed by atoms with van der Waals surface area (Å²) in [5.41, 5.74) is 8.01. The lowest BCUT2D eigenvalue weighted by Gasteiger charge is -2.19. The summed E-state index contributed by atoms with van der Waals surface area (Å²) >= 11 is 3.49. The van der Waals surface area contributed by atoms with Crippen molar-refractivity contribution < 1.29 is 0 Å². The fourth-order valence-corrected chi connectivity index (χ4v) is 1.96. The third kappa shape index (κ3) is 3.00. The Morgan fingerprint density at radius 2 is 2.07 bits per heavy atom. The van der Waals surface area contributed by atoms with Crippen LogP contribution in [0, 0.1) is 0 Å². The lowest BCUT2D eigenvalue weighted by molar-refractivity contribution is 0.850. The maximum atomic E-state index is 5.62. The number of halogens is 1. The van der Waals surface area contributed by atoms with Crippen LogP contribution in [0.15, 0.2) is 22.7 Å². The summed E-state index contributed by atoms with van der Waals surface area (Å²) < 4.78 is 1.10. The Morgan fingerprint density at radius 3 is 2.64 bits per heavy atom. The van der Waals surface area contributed by atoms with Gasteiger partial charge in [-0.15, -0.1) is 0 Å². The van der Waals surface area contributed by atoms with E-state index in [1.165, 1.54) is 5.69 Å². The maximum Gasteiger partial charge on any atom is 0.0378 e. The lowest BCUT2D eigenvalue weighted by Crippen LogP contribution is -2.18. The first-order valence-electron chi connectivity index (χ1n) is 4.88. The molecular formula is C11H17BrN2. The molecule has 0 saturated heterocycles. The molecule has 0 saturated carbocycles. The molecule has 78 valence electrons. The molecule has 0 bridgehead atoms. The van der Waals surface area contributed by atoms with Crippen molar-refractivity contribution in [3.8, 4) is 0 Å². The van der Waals surface area contributed by atoms with E-state index in [0.29, 0.717) is 6.54 Å². The van der Waals surface area contributed by atoms with E-state index in [0.717, 1.165) is 23.0 Å². The highest BCUT2D eigenvalue weighted by atomic mass is 79.9. The Balaban J connectivity index is 2.90. The van der Waals surface area contributed by atoms with Crippen LogP contribution >= 0.6 is 15.9 Å². The van der Waals surface area contributed by atoms with Gasteiger partial charge in [0.05, 0.1) is 0 Å². The van der Waals surface area contributed by atoms with Crippen LogP contribution in [0.4, 0.5) is 5.69 Å². The molecule has 0 aliphatic heterocycles. The average Bonchev–Trinajstić information content (AvgIpc) is 2.17. The molecule has 0 spiro atoms. The molecule has 2 nitrogen and oxygen atoms in total. The zero-order chi connectivity index (χ0) is 10.6. The summed E-state index contributed by atoms with van der Waals surface area (Å²) in [5.74, 6) is 0. The molecule has 2 N–H and O–H groups in total. The van der Waals surface area contributed by atoms with Crippen molar-refractivity contribution in [3.05, 3.63) is 28.2 Å². The van der Waals surface area contributed by atoms with Gasteiger partial charge in [0.2, 0.25) is 0 Å².